The van der Waals surface area contributed by atoms with Gasteiger partial charge in [-0.25, -0.2) is 0 Å². The molecule has 2 aliphatic heterocycles. The number of aryl methyl sites for hydroxylation is 2. The van der Waals surface area contributed by atoms with Gasteiger partial charge in [0.2, 0.25) is 0 Å². The predicted molar refractivity (Wildman–Crippen MR) is 118 cm³/mol. The molecule has 0 aromatic heterocycles. The quantitative estimate of drug-likeness (QED) is 0.780. The van der Waals surface area contributed by atoms with E-state index < -0.39 is 0 Å². The second-order valence-corrected chi connectivity index (χ2v) is 8.67. The molecule has 3 unspecified atom stereocenters. The minimum absolute atomic E-state index is 0.0719. The van der Waals surface area contributed by atoms with Crippen molar-refractivity contribution in [2.75, 3.05) is 19.8 Å². The third kappa shape index (κ3) is 5.23. The molecule has 162 valence electrons. The Morgan fingerprint density at radius 1 is 1.00 bits per heavy atom. The van der Waals surface area contributed by atoms with Gasteiger partial charge in [0.1, 0.15) is 5.75 Å². The highest BCUT2D eigenvalue weighted by atomic mass is 16.5. The average molecular weight is 411 g/mol. The summed E-state index contributed by atoms with van der Waals surface area (Å²) in [7, 11) is 0. The van der Waals surface area contributed by atoms with Crippen LogP contribution in [-0.4, -0.2) is 37.1 Å². The normalized spacial score (nSPS) is 24.8. The minimum Gasteiger partial charge on any atom is -0.493 e. The SMILES string of the molecule is CCc1ccc(Cc2cc3c(cc2C)OCCCCOCC2CC(O)CC3O2)cc1. The second kappa shape index (κ2) is 9.95. The molecule has 3 atom stereocenters. The molecule has 2 heterocycles. The Labute approximate surface area is 180 Å². The fourth-order valence-corrected chi connectivity index (χ4v) is 4.43. The van der Waals surface area contributed by atoms with Crippen molar-refractivity contribution in [2.45, 2.75) is 70.7 Å². The molecular weight excluding hydrogens is 376 g/mol. The Morgan fingerprint density at radius 2 is 1.77 bits per heavy atom. The highest BCUT2D eigenvalue weighted by Gasteiger charge is 2.32. The van der Waals surface area contributed by atoms with Crippen LogP contribution in [0.2, 0.25) is 0 Å². The van der Waals surface area contributed by atoms with Crippen LogP contribution in [-0.2, 0) is 22.3 Å². The van der Waals surface area contributed by atoms with E-state index >= 15 is 0 Å². The zero-order chi connectivity index (χ0) is 20.9. The molecule has 2 bridgehead atoms. The summed E-state index contributed by atoms with van der Waals surface area (Å²) < 4.78 is 18.3. The fraction of sp³-hybridized carbons (Fsp3) is 0.538. The first-order valence-corrected chi connectivity index (χ1v) is 11.4. The number of aliphatic hydroxyl groups is 1. The van der Waals surface area contributed by atoms with E-state index in [0.29, 0.717) is 32.7 Å². The molecule has 0 aliphatic carbocycles. The van der Waals surface area contributed by atoms with Crippen molar-refractivity contribution in [3.8, 4) is 5.75 Å². The van der Waals surface area contributed by atoms with E-state index in [0.717, 1.165) is 37.0 Å². The van der Waals surface area contributed by atoms with Crippen LogP contribution in [0.25, 0.3) is 0 Å². The van der Waals surface area contributed by atoms with Crippen LogP contribution in [0.1, 0.15) is 66.5 Å². The van der Waals surface area contributed by atoms with Gasteiger partial charge < -0.3 is 19.3 Å². The molecule has 2 aliphatic rings. The van der Waals surface area contributed by atoms with E-state index in [1.807, 2.05) is 0 Å². The lowest BCUT2D eigenvalue weighted by Crippen LogP contribution is -2.34. The highest BCUT2D eigenvalue weighted by Crippen LogP contribution is 2.38. The monoisotopic (exact) mass is 410 g/mol. The number of rotatable bonds is 3. The molecular formula is C26H34O4. The van der Waals surface area contributed by atoms with Crippen molar-refractivity contribution in [3.05, 3.63) is 64.2 Å². The van der Waals surface area contributed by atoms with E-state index in [2.05, 4.69) is 50.2 Å². The maximum Gasteiger partial charge on any atom is 0.125 e. The van der Waals surface area contributed by atoms with Crippen LogP contribution in [0.15, 0.2) is 36.4 Å². The second-order valence-electron chi connectivity index (χ2n) is 8.67. The van der Waals surface area contributed by atoms with Gasteiger partial charge >= 0.3 is 0 Å². The third-order valence-corrected chi connectivity index (χ3v) is 6.26. The molecule has 4 nitrogen and oxygen atoms in total. The fourth-order valence-electron chi connectivity index (χ4n) is 4.43. The molecule has 0 radical (unpaired) electrons. The summed E-state index contributed by atoms with van der Waals surface area (Å²) in [6.07, 6.45) is 4.50. The van der Waals surface area contributed by atoms with Crippen LogP contribution < -0.4 is 4.74 Å². The molecule has 4 rings (SSSR count). The van der Waals surface area contributed by atoms with E-state index in [9.17, 15) is 5.11 Å². The van der Waals surface area contributed by atoms with Gasteiger partial charge in [-0.05, 0) is 67.0 Å². The highest BCUT2D eigenvalue weighted by molar-refractivity contribution is 5.45. The summed E-state index contributed by atoms with van der Waals surface area (Å²) in [6, 6.07) is 13.3. The topological polar surface area (TPSA) is 47.9 Å². The molecule has 2 aromatic rings. The summed E-state index contributed by atoms with van der Waals surface area (Å²) in [5.74, 6) is 0.900. The van der Waals surface area contributed by atoms with Gasteiger partial charge in [0.15, 0.2) is 0 Å². The number of hydrogen-bond donors (Lipinski definition) is 1. The van der Waals surface area contributed by atoms with Gasteiger partial charge in [0.05, 0.1) is 31.5 Å². The summed E-state index contributed by atoms with van der Waals surface area (Å²) in [5.41, 5.74) is 6.24. The molecule has 1 N–H and O–H groups in total. The molecule has 0 spiro atoms. The lowest BCUT2D eigenvalue weighted by Gasteiger charge is -2.34. The van der Waals surface area contributed by atoms with Gasteiger partial charge in [-0.2, -0.15) is 0 Å². The molecule has 4 heteroatoms. The van der Waals surface area contributed by atoms with E-state index in [4.69, 9.17) is 14.2 Å². The predicted octanol–water partition coefficient (Wildman–Crippen LogP) is 4.92. The first kappa shape index (κ1) is 21.4. The maximum absolute atomic E-state index is 10.5. The van der Waals surface area contributed by atoms with Crippen LogP contribution in [0.4, 0.5) is 0 Å². The Balaban J connectivity index is 1.64. The number of ether oxygens (including phenoxy) is 3. The summed E-state index contributed by atoms with van der Waals surface area (Å²) >= 11 is 0. The Hall–Kier alpha value is -1.88. The molecule has 2 aromatic carbocycles. The van der Waals surface area contributed by atoms with Crippen LogP contribution in [0.3, 0.4) is 0 Å². The minimum atomic E-state index is -0.375. The van der Waals surface area contributed by atoms with Crippen LogP contribution >= 0.6 is 0 Å². The maximum atomic E-state index is 10.5. The zero-order valence-corrected chi connectivity index (χ0v) is 18.2. The molecule has 30 heavy (non-hydrogen) atoms. The number of benzene rings is 2. The van der Waals surface area contributed by atoms with Crippen molar-refractivity contribution in [1.29, 1.82) is 0 Å². The van der Waals surface area contributed by atoms with Crippen LogP contribution in [0.5, 0.6) is 5.75 Å². The third-order valence-electron chi connectivity index (χ3n) is 6.26. The van der Waals surface area contributed by atoms with Gasteiger partial charge in [0, 0.05) is 25.0 Å². The van der Waals surface area contributed by atoms with Crippen molar-refractivity contribution >= 4 is 0 Å². The zero-order valence-electron chi connectivity index (χ0n) is 18.2. The lowest BCUT2D eigenvalue weighted by atomic mass is 9.91. The van der Waals surface area contributed by atoms with E-state index in [1.54, 1.807) is 0 Å². The summed E-state index contributed by atoms with van der Waals surface area (Å²) in [4.78, 5) is 0. The van der Waals surface area contributed by atoms with Crippen molar-refractivity contribution in [1.82, 2.24) is 0 Å². The molecule has 1 saturated heterocycles. The number of aliphatic hydroxyl groups excluding tert-OH is 1. The number of hydrogen-bond acceptors (Lipinski definition) is 4. The molecule has 0 saturated carbocycles. The lowest BCUT2D eigenvalue weighted by molar-refractivity contribution is -0.124. The standard InChI is InChI=1S/C26H34O4/c1-3-19-6-8-20(9-7-19)13-21-14-24-25(12-18(21)2)29-11-5-4-10-28-17-23-15-22(27)16-26(24)30-23/h6-9,12,14,22-23,26-27H,3-5,10-11,13,15-17H2,1-2H3. The first-order chi connectivity index (χ1) is 14.6. The van der Waals surface area contributed by atoms with Crippen molar-refractivity contribution in [3.63, 3.8) is 0 Å². The smallest absolute Gasteiger partial charge is 0.125 e. The Kier molecular flexibility index (Phi) is 7.08. The number of fused-ring (bicyclic) bond motifs is 4. The summed E-state index contributed by atoms with van der Waals surface area (Å²) in [5, 5.41) is 10.5. The van der Waals surface area contributed by atoms with Gasteiger partial charge in [-0.15, -0.1) is 0 Å². The van der Waals surface area contributed by atoms with Gasteiger partial charge in [-0.1, -0.05) is 31.2 Å². The Bertz CT molecular complexity index is 830. The van der Waals surface area contributed by atoms with Crippen molar-refractivity contribution < 1.29 is 19.3 Å². The largest absolute Gasteiger partial charge is 0.493 e. The average Bonchev–Trinajstić information content (AvgIpc) is 2.74. The molecule has 0 amide bonds. The van der Waals surface area contributed by atoms with E-state index in [1.165, 1.54) is 22.3 Å². The van der Waals surface area contributed by atoms with E-state index in [-0.39, 0.29) is 18.3 Å². The van der Waals surface area contributed by atoms with Gasteiger partial charge in [0.25, 0.3) is 0 Å². The van der Waals surface area contributed by atoms with Crippen LogP contribution in [0, 0.1) is 6.92 Å². The summed E-state index contributed by atoms with van der Waals surface area (Å²) in [6.45, 7) is 6.27. The Morgan fingerprint density at radius 3 is 2.57 bits per heavy atom. The van der Waals surface area contributed by atoms with Gasteiger partial charge in [-0.3, -0.25) is 0 Å². The van der Waals surface area contributed by atoms with Crippen molar-refractivity contribution in [2.24, 2.45) is 0 Å². The molecule has 1 fully saturated rings. The first-order valence-electron chi connectivity index (χ1n) is 11.4.